The van der Waals surface area contributed by atoms with E-state index < -0.39 is 5.82 Å². The predicted molar refractivity (Wildman–Crippen MR) is 119 cm³/mol. The minimum atomic E-state index is -0.445. The molecule has 9 heteroatoms. The van der Waals surface area contributed by atoms with E-state index >= 15 is 0 Å². The van der Waals surface area contributed by atoms with Crippen LogP contribution in [0.5, 0.6) is 5.75 Å². The lowest BCUT2D eigenvalue weighted by Gasteiger charge is -2.17. The fourth-order valence-electron chi connectivity index (χ4n) is 3.82. The molecule has 0 amide bonds. The Hall–Kier alpha value is -3.85. The molecular weight excluding hydrogens is 409 g/mol. The summed E-state index contributed by atoms with van der Waals surface area (Å²) in [5, 5.41) is 4.45. The predicted octanol–water partition coefficient (Wildman–Crippen LogP) is 3.08. The average Bonchev–Trinajstić information content (AvgIpc) is 3.49. The number of ether oxygens (including phenoxy) is 1. The number of nitrogens with two attached hydrogens (primary N) is 1. The third-order valence-electron chi connectivity index (χ3n) is 5.46. The van der Waals surface area contributed by atoms with Gasteiger partial charge in [0.1, 0.15) is 17.4 Å². The molecule has 0 radical (unpaired) electrons. The van der Waals surface area contributed by atoms with E-state index in [0.717, 1.165) is 30.9 Å². The van der Waals surface area contributed by atoms with Gasteiger partial charge < -0.3 is 15.4 Å². The fraction of sp³-hybridized carbons (Fsp3) is 0.217. The minimum Gasteiger partial charge on any atom is -0.496 e. The summed E-state index contributed by atoms with van der Waals surface area (Å²) in [4.78, 5) is 15.7. The third-order valence-corrected chi connectivity index (χ3v) is 5.46. The highest BCUT2D eigenvalue weighted by Gasteiger charge is 2.21. The number of methoxy groups -OCH3 is 1. The zero-order valence-electron chi connectivity index (χ0n) is 17.5. The second-order valence-electron chi connectivity index (χ2n) is 7.60. The van der Waals surface area contributed by atoms with Crippen LogP contribution in [0.1, 0.15) is 6.42 Å². The van der Waals surface area contributed by atoms with Crippen molar-refractivity contribution >= 4 is 5.82 Å². The van der Waals surface area contributed by atoms with Crippen LogP contribution in [0, 0.1) is 5.82 Å². The Morgan fingerprint density at radius 3 is 2.75 bits per heavy atom. The van der Waals surface area contributed by atoms with Crippen molar-refractivity contribution in [2.75, 3.05) is 25.1 Å². The first-order valence-corrected chi connectivity index (χ1v) is 10.3. The summed E-state index contributed by atoms with van der Waals surface area (Å²) in [6.07, 6.45) is 6.09. The van der Waals surface area contributed by atoms with Gasteiger partial charge in [-0.2, -0.15) is 5.10 Å². The van der Waals surface area contributed by atoms with Crippen molar-refractivity contribution in [2.24, 2.45) is 5.73 Å². The number of rotatable bonds is 5. The van der Waals surface area contributed by atoms with E-state index in [1.807, 2.05) is 24.4 Å². The van der Waals surface area contributed by atoms with Crippen LogP contribution in [-0.4, -0.2) is 51.0 Å². The number of aromatic nitrogens is 5. The molecule has 8 nitrogen and oxygen atoms in total. The number of benzene rings is 1. The molecule has 32 heavy (non-hydrogen) atoms. The second kappa shape index (κ2) is 8.35. The van der Waals surface area contributed by atoms with E-state index in [2.05, 4.69) is 20.0 Å². The fourth-order valence-corrected chi connectivity index (χ4v) is 3.82. The molecule has 1 fully saturated rings. The normalized spacial score (nSPS) is 15.8. The molecule has 1 atom stereocenters. The van der Waals surface area contributed by atoms with E-state index in [4.69, 9.17) is 15.5 Å². The zero-order chi connectivity index (χ0) is 22.1. The molecule has 4 heterocycles. The number of halogens is 1. The summed E-state index contributed by atoms with van der Waals surface area (Å²) in [6, 6.07) is 12.4. The highest BCUT2D eigenvalue weighted by atomic mass is 19.1. The van der Waals surface area contributed by atoms with Crippen LogP contribution in [0.3, 0.4) is 0 Å². The Bertz CT molecular complexity index is 1260. The first kappa shape index (κ1) is 20.1. The SMILES string of the molecule is COc1cccc(F)c1-c1nccc(-c2cnn(-c3cccc(N4CCC(N)C4)n3)c2)n1. The molecule has 162 valence electrons. The van der Waals surface area contributed by atoms with Crippen molar-refractivity contribution in [3.05, 3.63) is 66.9 Å². The van der Waals surface area contributed by atoms with Gasteiger partial charge in [0.05, 0.1) is 24.6 Å². The van der Waals surface area contributed by atoms with Gasteiger partial charge in [0.25, 0.3) is 0 Å². The Kier molecular flexibility index (Phi) is 5.24. The van der Waals surface area contributed by atoms with Gasteiger partial charge in [-0.1, -0.05) is 12.1 Å². The van der Waals surface area contributed by atoms with Gasteiger partial charge in [-0.05, 0) is 36.8 Å². The summed E-state index contributed by atoms with van der Waals surface area (Å²) in [7, 11) is 1.49. The Morgan fingerprint density at radius 2 is 1.94 bits per heavy atom. The Balaban J connectivity index is 1.46. The average molecular weight is 431 g/mol. The molecule has 3 aromatic heterocycles. The molecule has 5 rings (SSSR count). The largest absolute Gasteiger partial charge is 0.496 e. The van der Waals surface area contributed by atoms with E-state index in [1.54, 1.807) is 35.3 Å². The highest BCUT2D eigenvalue weighted by molar-refractivity contribution is 5.68. The molecule has 0 spiro atoms. The third kappa shape index (κ3) is 3.78. The van der Waals surface area contributed by atoms with Gasteiger partial charge in [0.2, 0.25) is 0 Å². The highest BCUT2D eigenvalue weighted by Crippen LogP contribution is 2.31. The van der Waals surface area contributed by atoms with Gasteiger partial charge in [-0.3, -0.25) is 0 Å². The van der Waals surface area contributed by atoms with Crippen LogP contribution in [0.15, 0.2) is 61.1 Å². The van der Waals surface area contributed by atoms with Crippen molar-refractivity contribution in [1.29, 1.82) is 0 Å². The molecule has 1 saturated heterocycles. The van der Waals surface area contributed by atoms with E-state index in [-0.39, 0.29) is 17.4 Å². The summed E-state index contributed by atoms with van der Waals surface area (Å²) < 4.78 is 21.5. The van der Waals surface area contributed by atoms with Crippen molar-refractivity contribution in [3.8, 4) is 34.2 Å². The molecule has 2 N–H and O–H groups in total. The molecular formula is C23H22FN7O. The van der Waals surface area contributed by atoms with Crippen molar-refractivity contribution in [2.45, 2.75) is 12.5 Å². The standard InChI is InChI=1S/C23H22FN7O/c1-32-19-5-2-4-17(24)22(19)23-26-10-8-18(28-23)15-12-27-31(13-15)21-7-3-6-20(29-21)30-11-9-16(25)14-30/h2-8,10,12-13,16H,9,11,14,25H2,1H3. The molecule has 0 saturated carbocycles. The number of hydrogen-bond donors (Lipinski definition) is 1. The first-order chi connectivity index (χ1) is 15.6. The van der Waals surface area contributed by atoms with Gasteiger partial charge in [-0.15, -0.1) is 0 Å². The summed E-state index contributed by atoms with van der Waals surface area (Å²) in [5.41, 5.74) is 7.64. The van der Waals surface area contributed by atoms with Crippen molar-refractivity contribution in [1.82, 2.24) is 24.7 Å². The second-order valence-corrected chi connectivity index (χ2v) is 7.60. The van der Waals surface area contributed by atoms with Gasteiger partial charge >= 0.3 is 0 Å². The van der Waals surface area contributed by atoms with Crippen LogP contribution in [0.25, 0.3) is 28.5 Å². The zero-order valence-corrected chi connectivity index (χ0v) is 17.5. The quantitative estimate of drug-likeness (QED) is 0.519. The number of hydrogen-bond acceptors (Lipinski definition) is 7. The maximum absolute atomic E-state index is 14.5. The van der Waals surface area contributed by atoms with Gasteiger partial charge in [0, 0.05) is 37.1 Å². The lowest BCUT2D eigenvalue weighted by Crippen LogP contribution is -2.27. The van der Waals surface area contributed by atoms with Crippen LogP contribution in [0.4, 0.5) is 10.2 Å². The molecule has 1 aliphatic heterocycles. The molecule has 1 aliphatic rings. The van der Waals surface area contributed by atoms with E-state index in [1.165, 1.54) is 13.2 Å². The minimum absolute atomic E-state index is 0.178. The van der Waals surface area contributed by atoms with Crippen LogP contribution < -0.4 is 15.4 Å². The van der Waals surface area contributed by atoms with Crippen LogP contribution in [0.2, 0.25) is 0 Å². The first-order valence-electron chi connectivity index (χ1n) is 10.3. The van der Waals surface area contributed by atoms with Gasteiger partial charge in [0.15, 0.2) is 11.6 Å². The van der Waals surface area contributed by atoms with E-state index in [0.29, 0.717) is 17.3 Å². The number of nitrogens with zero attached hydrogens (tertiary/aromatic N) is 6. The Morgan fingerprint density at radius 1 is 1.09 bits per heavy atom. The molecule has 0 aliphatic carbocycles. The monoisotopic (exact) mass is 431 g/mol. The van der Waals surface area contributed by atoms with Crippen molar-refractivity contribution in [3.63, 3.8) is 0 Å². The smallest absolute Gasteiger partial charge is 0.166 e. The molecule has 0 bridgehead atoms. The number of anilines is 1. The maximum Gasteiger partial charge on any atom is 0.166 e. The van der Waals surface area contributed by atoms with Crippen LogP contribution >= 0.6 is 0 Å². The lowest BCUT2D eigenvalue weighted by molar-refractivity contribution is 0.413. The molecule has 1 aromatic carbocycles. The number of pyridine rings is 1. The summed E-state index contributed by atoms with van der Waals surface area (Å²) >= 11 is 0. The summed E-state index contributed by atoms with van der Waals surface area (Å²) in [5.74, 6) is 1.75. The van der Waals surface area contributed by atoms with Crippen LogP contribution in [-0.2, 0) is 0 Å². The molecule has 4 aromatic rings. The van der Waals surface area contributed by atoms with Gasteiger partial charge in [-0.25, -0.2) is 24.0 Å². The van der Waals surface area contributed by atoms with Crippen molar-refractivity contribution < 1.29 is 9.13 Å². The lowest BCUT2D eigenvalue weighted by atomic mass is 10.1. The maximum atomic E-state index is 14.5. The summed E-state index contributed by atoms with van der Waals surface area (Å²) in [6.45, 7) is 1.69. The molecule has 1 unspecified atom stereocenters. The Labute approximate surface area is 184 Å². The van der Waals surface area contributed by atoms with E-state index in [9.17, 15) is 4.39 Å². The topological polar surface area (TPSA) is 95.0 Å².